The summed E-state index contributed by atoms with van der Waals surface area (Å²) in [7, 11) is 0. The number of benzene rings is 1. The molecule has 1 atom stereocenters. The lowest BCUT2D eigenvalue weighted by molar-refractivity contribution is -0.119. The molecule has 1 aromatic carbocycles. The largest absolute Gasteiger partial charge is 0.351 e. The van der Waals surface area contributed by atoms with E-state index in [4.69, 9.17) is 11.6 Å². The second kappa shape index (κ2) is 7.18. The van der Waals surface area contributed by atoms with Crippen LogP contribution in [0.15, 0.2) is 45.7 Å². The molecule has 0 unspecified atom stereocenters. The number of hydrogen-bond acceptors (Lipinski definition) is 7. The molecule has 5 N–H and O–H groups in total. The summed E-state index contributed by atoms with van der Waals surface area (Å²) in [4.78, 5) is 40.3. The first-order chi connectivity index (χ1) is 12.4. The van der Waals surface area contributed by atoms with Crippen LogP contribution in [0.5, 0.6) is 0 Å². The average Bonchev–Trinajstić information content (AvgIpc) is 3.03. The van der Waals surface area contributed by atoms with Crippen molar-refractivity contribution in [1.82, 2.24) is 15.0 Å². The number of nitrogens with two attached hydrogens (primary N) is 2. The highest BCUT2D eigenvalue weighted by atomic mass is 32.2. The highest BCUT2D eigenvalue weighted by Gasteiger charge is 2.21. The Morgan fingerprint density at radius 3 is 2.65 bits per heavy atom. The van der Waals surface area contributed by atoms with Gasteiger partial charge in [-0.15, -0.1) is 11.3 Å². The lowest BCUT2D eigenvalue weighted by Crippen LogP contribution is -2.40. The molecular formula is C16H15N5O3S2. The first-order valence-electron chi connectivity index (χ1n) is 7.50. The Labute approximate surface area is 156 Å². The van der Waals surface area contributed by atoms with Gasteiger partial charge in [-0.1, -0.05) is 42.1 Å². The molecule has 26 heavy (non-hydrogen) atoms. The van der Waals surface area contributed by atoms with Crippen LogP contribution in [0.4, 0.5) is 4.79 Å². The van der Waals surface area contributed by atoms with E-state index in [9.17, 15) is 14.4 Å². The summed E-state index contributed by atoms with van der Waals surface area (Å²) in [5.74, 6) is 5.32. The van der Waals surface area contributed by atoms with Gasteiger partial charge in [-0.2, -0.15) is 0 Å². The summed E-state index contributed by atoms with van der Waals surface area (Å²) in [6.45, 7) is 1.56. The number of nitrogen functional groups attached to an aromatic ring is 1. The summed E-state index contributed by atoms with van der Waals surface area (Å²) in [6.07, 6.45) is 0. The lowest BCUT2D eigenvalue weighted by atomic mass is 10.1. The molecule has 0 aliphatic carbocycles. The lowest BCUT2D eigenvalue weighted by Gasteiger charge is -2.12. The molecule has 3 rings (SSSR count). The van der Waals surface area contributed by atoms with Crippen molar-refractivity contribution >= 4 is 45.3 Å². The Balaban J connectivity index is 2.00. The Morgan fingerprint density at radius 1 is 1.31 bits per heavy atom. The van der Waals surface area contributed by atoms with Crippen molar-refractivity contribution < 1.29 is 9.59 Å². The molecule has 0 aliphatic heterocycles. The fraction of sp³-hybridized carbons (Fsp3) is 0.125. The van der Waals surface area contributed by atoms with Crippen LogP contribution < -0.4 is 22.5 Å². The summed E-state index contributed by atoms with van der Waals surface area (Å²) in [5, 5.41) is 3.74. The number of hydrogen-bond donors (Lipinski definition) is 3. The minimum absolute atomic E-state index is 0.177. The number of nitrogens with zero attached hydrogens (tertiary/aromatic N) is 2. The summed E-state index contributed by atoms with van der Waals surface area (Å²) in [5.41, 5.74) is 6.19. The van der Waals surface area contributed by atoms with Crippen LogP contribution in [0.2, 0.25) is 0 Å². The van der Waals surface area contributed by atoms with Crippen LogP contribution in [0.1, 0.15) is 6.92 Å². The molecule has 0 saturated carbocycles. The normalized spacial score (nSPS) is 12.0. The van der Waals surface area contributed by atoms with Gasteiger partial charge in [0, 0.05) is 10.9 Å². The molecule has 0 radical (unpaired) electrons. The maximum absolute atomic E-state index is 12.8. The Bertz CT molecular complexity index is 1050. The van der Waals surface area contributed by atoms with Gasteiger partial charge in [-0.3, -0.25) is 14.9 Å². The van der Waals surface area contributed by atoms with Gasteiger partial charge >= 0.3 is 6.03 Å². The number of thiophene rings is 1. The van der Waals surface area contributed by atoms with Crippen molar-refractivity contribution in [1.29, 1.82) is 0 Å². The van der Waals surface area contributed by atoms with Gasteiger partial charge in [0.15, 0.2) is 5.16 Å². The van der Waals surface area contributed by atoms with Crippen molar-refractivity contribution in [3.63, 3.8) is 0 Å². The second-order valence-electron chi connectivity index (χ2n) is 5.38. The van der Waals surface area contributed by atoms with Crippen molar-refractivity contribution in [3.05, 3.63) is 46.1 Å². The zero-order chi connectivity index (χ0) is 18.8. The summed E-state index contributed by atoms with van der Waals surface area (Å²) < 4.78 is 0.917. The molecule has 134 valence electrons. The van der Waals surface area contributed by atoms with Crippen molar-refractivity contribution in [2.75, 3.05) is 5.84 Å². The van der Waals surface area contributed by atoms with E-state index >= 15 is 0 Å². The molecule has 8 nitrogen and oxygen atoms in total. The summed E-state index contributed by atoms with van der Waals surface area (Å²) >= 11 is 2.29. The fourth-order valence-electron chi connectivity index (χ4n) is 2.33. The van der Waals surface area contributed by atoms with Gasteiger partial charge < -0.3 is 11.6 Å². The van der Waals surface area contributed by atoms with E-state index in [2.05, 4.69) is 4.98 Å². The van der Waals surface area contributed by atoms with Crippen LogP contribution in [0, 0.1) is 0 Å². The van der Waals surface area contributed by atoms with E-state index in [1.54, 1.807) is 6.92 Å². The third kappa shape index (κ3) is 3.41. The van der Waals surface area contributed by atoms with Crippen molar-refractivity contribution in [2.45, 2.75) is 17.3 Å². The summed E-state index contributed by atoms with van der Waals surface area (Å²) in [6, 6.07) is 8.53. The van der Waals surface area contributed by atoms with Crippen molar-refractivity contribution in [2.24, 2.45) is 5.73 Å². The maximum Gasteiger partial charge on any atom is 0.318 e. The number of aromatic nitrogens is 2. The van der Waals surface area contributed by atoms with Crippen LogP contribution in [-0.4, -0.2) is 26.8 Å². The number of thioether (sulfide) groups is 1. The van der Waals surface area contributed by atoms with E-state index in [0.717, 1.165) is 27.6 Å². The van der Waals surface area contributed by atoms with E-state index in [1.807, 2.05) is 41.0 Å². The van der Waals surface area contributed by atoms with Crippen LogP contribution in [-0.2, 0) is 4.79 Å². The zero-order valence-corrected chi connectivity index (χ0v) is 15.3. The SMILES string of the molecule is C[C@@H](Sc1nc2scc(-c3ccccc3)c2c(=O)n1N)C(=O)NC(N)=O. The molecule has 3 aromatic rings. The Kier molecular flexibility index (Phi) is 4.96. The molecule has 10 heteroatoms. The topological polar surface area (TPSA) is 133 Å². The van der Waals surface area contributed by atoms with Crippen LogP contribution in [0.25, 0.3) is 21.3 Å². The number of imide groups is 1. The van der Waals surface area contributed by atoms with Gasteiger partial charge in [0.25, 0.3) is 5.56 Å². The predicted molar refractivity (Wildman–Crippen MR) is 103 cm³/mol. The van der Waals surface area contributed by atoms with E-state index in [-0.39, 0.29) is 5.16 Å². The minimum atomic E-state index is -0.943. The number of primary amides is 1. The standard InChI is InChI=1S/C16H15N5O3S2/c1-8(12(22)19-15(17)24)26-16-20-13-11(14(23)21(16)18)10(7-25-13)9-5-3-2-4-6-9/h2-8H,18H2,1H3,(H3,17,19,22,24)/t8-/m1/s1. The zero-order valence-electron chi connectivity index (χ0n) is 13.6. The van der Waals surface area contributed by atoms with E-state index in [0.29, 0.717) is 10.2 Å². The van der Waals surface area contributed by atoms with E-state index < -0.39 is 22.7 Å². The number of nitrogens with one attached hydrogen (secondary N) is 1. The van der Waals surface area contributed by atoms with Gasteiger partial charge in [0.05, 0.1) is 10.6 Å². The third-order valence-corrected chi connectivity index (χ3v) is 5.53. The number of urea groups is 1. The van der Waals surface area contributed by atoms with Gasteiger partial charge in [-0.05, 0) is 12.5 Å². The first kappa shape index (κ1) is 18.0. The van der Waals surface area contributed by atoms with Gasteiger partial charge in [0.1, 0.15) is 4.83 Å². The molecule has 0 bridgehead atoms. The number of amides is 3. The Morgan fingerprint density at radius 2 is 2.00 bits per heavy atom. The molecule has 0 fully saturated rings. The minimum Gasteiger partial charge on any atom is -0.351 e. The monoisotopic (exact) mass is 389 g/mol. The number of rotatable bonds is 4. The van der Waals surface area contributed by atoms with Crippen LogP contribution >= 0.6 is 23.1 Å². The molecule has 2 aromatic heterocycles. The molecule has 0 aliphatic rings. The highest BCUT2D eigenvalue weighted by Crippen LogP contribution is 2.32. The van der Waals surface area contributed by atoms with E-state index in [1.165, 1.54) is 11.3 Å². The highest BCUT2D eigenvalue weighted by molar-refractivity contribution is 8.00. The molecule has 0 spiro atoms. The smallest absolute Gasteiger partial charge is 0.318 e. The molecule has 3 amide bonds. The third-order valence-electron chi connectivity index (χ3n) is 3.59. The predicted octanol–water partition coefficient (Wildman–Crippen LogP) is 1.51. The molecule has 2 heterocycles. The van der Waals surface area contributed by atoms with Gasteiger partial charge in [0.2, 0.25) is 5.91 Å². The molecule has 0 saturated heterocycles. The number of carbonyl (C=O) groups excluding carboxylic acids is 2. The quantitative estimate of drug-likeness (QED) is 0.352. The fourth-order valence-corrected chi connectivity index (χ4v) is 4.15. The second-order valence-corrected chi connectivity index (χ2v) is 7.54. The number of fused-ring (bicyclic) bond motifs is 1. The van der Waals surface area contributed by atoms with Gasteiger partial charge in [-0.25, -0.2) is 14.5 Å². The van der Waals surface area contributed by atoms with Crippen molar-refractivity contribution in [3.8, 4) is 11.1 Å². The maximum atomic E-state index is 12.8. The first-order valence-corrected chi connectivity index (χ1v) is 9.26. The Hall–Kier alpha value is -2.85. The number of carbonyl (C=O) groups is 2. The molecular weight excluding hydrogens is 374 g/mol. The van der Waals surface area contributed by atoms with Crippen LogP contribution in [0.3, 0.4) is 0 Å². The average molecular weight is 389 g/mol.